The fraction of sp³-hybridized carbons (Fsp3) is 0.0588. The number of halogens is 1. The minimum absolute atomic E-state index is 0.0286. The van der Waals surface area contributed by atoms with Gasteiger partial charge in [-0.1, -0.05) is 24.3 Å². The molecule has 1 N–H and O–H groups in total. The monoisotopic (exact) mass is 356 g/mol. The molecule has 110 valence electrons. The number of hydrogen-bond donors (Lipinski definition) is 1. The summed E-state index contributed by atoms with van der Waals surface area (Å²) in [7, 11) is 1.58. The Hall–Kier alpha value is -2.58. The zero-order valence-electron chi connectivity index (χ0n) is 11.8. The van der Waals surface area contributed by atoms with E-state index in [2.05, 4.69) is 21.2 Å². The van der Waals surface area contributed by atoms with Gasteiger partial charge < -0.3 is 10.1 Å². The van der Waals surface area contributed by atoms with Crippen LogP contribution in [-0.4, -0.2) is 13.0 Å². The van der Waals surface area contributed by atoms with Gasteiger partial charge in [-0.2, -0.15) is 5.26 Å². The van der Waals surface area contributed by atoms with Crippen LogP contribution in [0.2, 0.25) is 0 Å². The predicted molar refractivity (Wildman–Crippen MR) is 89.4 cm³/mol. The fourth-order valence-electron chi connectivity index (χ4n) is 1.77. The second-order valence-electron chi connectivity index (χ2n) is 4.38. The van der Waals surface area contributed by atoms with E-state index in [9.17, 15) is 10.1 Å². The molecular weight excluding hydrogens is 344 g/mol. The molecule has 0 aliphatic rings. The zero-order chi connectivity index (χ0) is 15.9. The number of hydrogen-bond acceptors (Lipinski definition) is 3. The van der Waals surface area contributed by atoms with Crippen molar-refractivity contribution in [3.63, 3.8) is 0 Å². The van der Waals surface area contributed by atoms with Crippen molar-refractivity contribution in [3.8, 4) is 11.8 Å². The maximum Gasteiger partial charge on any atom is 0.266 e. The van der Waals surface area contributed by atoms with Crippen LogP contribution >= 0.6 is 15.9 Å². The number of rotatable bonds is 4. The van der Waals surface area contributed by atoms with Crippen molar-refractivity contribution in [1.29, 1.82) is 5.26 Å². The molecule has 0 saturated carbocycles. The van der Waals surface area contributed by atoms with Crippen LogP contribution in [0.4, 0.5) is 5.69 Å². The molecule has 0 radical (unpaired) electrons. The number of nitrogens with zero attached hydrogens (tertiary/aromatic N) is 1. The lowest BCUT2D eigenvalue weighted by atomic mass is 10.1. The van der Waals surface area contributed by atoms with Gasteiger partial charge >= 0.3 is 0 Å². The van der Waals surface area contributed by atoms with Crippen molar-refractivity contribution < 1.29 is 9.53 Å². The van der Waals surface area contributed by atoms with Crippen LogP contribution in [0.3, 0.4) is 0 Å². The molecule has 0 heterocycles. The molecular formula is C17H13BrN2O2. The molecule has 0 aliphatic carbocycles. The van der Waals surface area contributed by atoms with Crippen molar-refractivity contribution in [2.45, 2.75) is 0 Å². The number of benzene rings is 2. The second kappa shape index (κ2) is 7.43. The van der Waals surface area contributed by atoms with Crippen LogP contribution in [0.5, 0.6) is 5.75 Å². The predicted octanol–water partition coefficient (Wildman–Crippen LogP) is 4.00. The van der Waals surface area contributed by atoms with Gasteiger partial charge in [0.05, 0.1) is 12.8 Å². The Morgan fingerprint density at radius 1 is 1.23 bits per heavy atom. The van der Waals surface area contributed by atoms with E-state index in [0.29, 0.717) is 11.4 Å². The molecule has 0 aromatic heterocycles. The van der Waals surface area contributed by atoms with Gasteiger partial charge in [-0.25, -0.2) is 0 Å². The molecule has 1 amide bonds. The number of nitriles is 1. The Balaban J connectivity index is 2.20. The van der Waals surface area contributed by atoms with Gasteiger partial charge in [0.1, 0.15) is 17.4 Å². The van der Waals surface area contributed by atoms with E-state index in [1.807, 2.05) is 18.2 Å². The van der Waals surface area contributed by atoms with Crippen LogP contribution in [0, 0.1) is 11.3 Å². The van der Waals surface area contributed by atoms with Gasteiger partial charge in [0.15, 0.2) is 0 Å². The molecule has 2 rings (SSSR count). The van der Waals surface area contributed by atoms with Crippen LogP contribution in [0.1, 0.15) is 5.56 Å². The highest BCUT2D eigenvalue weighted by Crippen LogP contribution is 2.22. The van der Waals surface area contributed by atoms with E-state index in [1.165, 1.54) is 6.08 Å². The van der Waals surface area contributed by atoms with Crippen molar-refractivity contribution in [2.75, 3.05) is 12.4 Å². The molecule has 0 spiro atoms. The number of carbonyl (C=O) groups excluding carboxylic acids is 1. The van der Waals surface area contributed by atoms with Gasteiger partial charge in [-0.05, 0) is 51.8 Å². The number of ether oxygens (including phenoxy) is 1. The Morgan fingerprint density at radius 3 is 2.50 bits per heavy atom. The summed E-state index contributed by atoms with van der Waals surface area (Å²) >= 11 is 3.35. The van der Waals surface area contributed by atoms with Crippen LogP contribution < -0.4 is 10.1 Å². The highest BCUT2D eigenvalue weighted by molar-refractivity contribution is 9.10. The minimum Gasteiger partial charge on any atom is -0.497 e. The third-order valence-electron chi connectivity index (χ3n) is 2.91. The smallest absolute Gasteiger partial charge is 0.266 e. The van der Waals surface area contributed by atoms with E-state index in [1.54, 1.807) is 43.5 Å². The minimum atomic E-state index is -0.454. The molecule has 0 unspecified atom stereocenters. The van der Waals surface area contributed by atoms with Gasteiger partial charge in [0.2, 0.25) is 0 Å². The summed E-state index contributed by atoms with van der Waals surface area (Å²) < 4.78 is 5.82. The Bertz CT molecular complexity index is 746. The quantitative estimate of drug-likeness (QED) is 0.665. The summed E-state index contributed by atoms with van der Waals surface area (Å²) in [5.74, 6) is 0.263. The first kappa shape index (κ1) is 15.8. The summed E-state index contributed by atoms with van der Waals surface area (Å²) in [6, 6.07) is 16.2. The highest BCUT2D eigenvalue weighted by atomic mass is 79.9. The summed E-state index contributed by atoms with van der Waals surface area (Å²) in [5.41, 5.74) is 1.39. The molecule has 0 atom stereocenters. The Kier molecular flexibility index (Phi) is 5.34. The average molecular weight is 357 g/mol. The molecule has 0 aliphatic heterocycles. The lowest BCUT2D eigenvalue weighted by molar-refractivity contribution is -0.112. The summed E-state index contributed by atoms with van der Waals surface area (Å²) in [6.45, 7) is 0. The number of carbonyl (C=O) groups is 1. The molecule has 5 heteroatoms. The average Bonchev–Trinajstić information content (AvgIpc) is 2.55. The van der Waals surface area contributed by atoms with Gasteiger partial charge in [-0.15, -0.1) is 0 Å². The highest BCUT2D eigenvalue weighted by Gasteiger charge is 2.10. The van der Waals surface area contributed by atoms with E-state index >= 15 is 0 Å². The Labute approximate surface area is 137 Å². The SMILES string of the molecule is COc1ccc(/C=C(/C#N)C(=O)Nc2ccccc2Br)cc1. The first-order chi connectivity index (χ1) is 10.6. The number of methoxy groups -OCH3 is 1. The number of amides is 1. The molecule has 2 aromatic rings. The van der Waals surface area contributed by atoms with Crippen LogP contribution in [0.25, 0.3) is 6.08 Å². The van der Waals surface area contributed by atoms with E-state index in [0.717, 1.165) is 10.0 Å². The number of nitrogens with one attached hydrogen (secondary N) is 1. The van der Waals surface area contributed by atoms with E-state index < -0.39 is 5.91 Å². The maximum atomic E-state index is 12.2. The fourth-order valence-corrected chi connectivity index (χ4v) is 2.15. The molecule has 0 bridgehead atoms. The summed E-state index contributed by atoms with van der Waals surface area (Å²) in [6.07, 6.45) is 1.53. The molecule has 22 heavy (non-hydrogen) atoms. The second-order valence-corrected chi connectivity index (χ2v) is 5.23. The lowest BCUT2D eigenvalue weighted by Gasteiger charge is -2.06. The largest absolute Gasteiger partial charge is 0.497 e. The van der Waals surface area contributed by atoms with E-state index in [4.69, 9.17) is 4.74 Å². The van der Waals surface area contributed by atoms with Crippen LogP contribution in [0.15, 0.2) is 58.6 Å². The first-order valence-electron chi connectivity index (χ1n) is 6.46. The lowest BCUT2D eigenvalue weighted by Crippen LogP contribution is -2.13. The summed E-state index contributed by atoms with van der Waals surface area (Å²) in [4.78, 5) is 12.2. The van der Waals surface area contributed by atoms with Crippen molar-refractivity contribution in [2.24, 2.45) is 0 Å². The molecule has 2 aromatic carbocycles. The van der Waals surface area contributed by atoms with Crippen molar-refractivity contribution in [3.05, 3.63) is 64.1 Å². The first-order valence-corrected chi connectivity index (χ1v) is 7.25. The van der Waals surface area contributed by atoms with E-state index in [-0.39, 0.29) is 5.57 Å². The summed E-state index contributed by atoms with van der Waals surface area (Å²) in [5, 5.41) is 11.9. The molecule has 4 nitrogen and oxygen atoms in total. The number of para-hydroxylation sites is 1. The maximum absolute atomic E-state index is 12.2. The van der Waals surface area contributed by atoms with Crippen molar-refractivity contribution >= 4 is 33.6 Å². The topological polar surface area (TPSA) is 62.1 Å². The van der Waals surface area contributed by atoms with Gasteiger partial charge in [0.25, 0.3) is 5.91 Å². The standard InChI is InChI=1S/C17H13BrN2O2/c1-22-14-8-6-12(7-9-14)10-13(11-19)17(21)20-16-5-3-2-4-15(16)18/h2-10H,1H3,(H,20,21)/b13-10-. The van der Waals surface area contributed by atoms with Crippen LogP contribution in [-0.2, 0) is 4.79 Å². The third kappa shape index (κ3) is 3.96. The zero-order valence-corrected chi connectivity index (χ0v) is 13.4. The molecule has 0 fully saturated rings. The molecule has 0 saturated heterocycles. The third-order valence-corrected chi connectivity index (χ3v) is 3.61. The number of anilines is 1. The van der Waals surface area contributed by atoms with Gasteiger partial charge in [-0.3, -0.25) is 4.79 Å². The van der Waals surface area contributed by atoms with Gasteiger partial charge in [0, 0.05) is 4.47 Å². The normalized spacial score (nSPS) is 10.7. The van der Waals surface area contributed by atoms with Crippen molar-refractivity contribution in [1.82, 2.24) is 0 Å². The Morgan fingerprint density at radius 2 is 1.91 bits per heavy atom.